The molecule has 0 aliphatic carbocycles. The van der Waals surface area contributed by atoms with E-state index >= 15 is 0 Å². The molecule has 1 aromatic carbocycles. The van der Waals surface area contributed by atoms with Gasteiger partial charge in [0, 0.05) is 10.6 Å². The van der Waals surface area contributed by atoms with Crippen LogP contribution in [-0.4, -0.2) is 16.8 Å². The molecule has 0 aliphatic heterocycles. The van der Waals surface area contributed by atoms with Crippen LogP contribution in [0.15, 0.2) is 41.3 Å². The fourth-order valence-corrected chi connectivity index (χ4v) is 1.72. The van der Waals surface area contributed by atoms with Gasteiger partial charge in [0.2, 0.25) is 0 Å². The lowest BCUT2D eigenvalue weighted by atomic mass is 10.2. The fourth-order valence-electron chi connectivity index (χ4n) is 0.925. The molecule has 0 saturated heterocycles. The monoisotopic (exact) mass is 208 g/mol. The second-order valence-electron chi connectivity index (χ2n) is 3.08. The summed E-state index contributed by atoms with van der Waals surface area (Å²) < 4.78 is 0. The number of carboxylic acid groups (broad SMARTS) is 1. The summed E-state index contributed by atoms with van der Waals surface area (Å²) in [6.45, 7) is 5.74. The first-order valence-electron chi connectivity index (χ1n) is 4.20. The van der Waals surface area contributed by atoms with E-state index in [0.717, 1.165) is 16.2 Å². The van der Waals surface area contributed by atoms with Crippen LogP contribution in [0.2, 0.25) is 0 Å². The van der Waals surface area contributed by atoms with Crippen LogP contribution in [0, 0.1) is 0 Å². The highest BCUT2D eigenvalue weighted by Crippen LogP contribution is 2.20. The SMILES string of the molecule is C=C(C)CSc1cccc(C(=O)O)c1. The van der Waals surface area contributed by atoms with Crippen LogP contribution >= 0.6 is 11.8 Å². The number of carbonyl (C=O) groups is 1. The second-order valence-corrected chi connectivity index (χ2v) is 4.13. The third kappa shape index (κ3) is 3.26. The minimum Gasteiger partial charge on any atom is -0.478 e. The van der Waals surface area contributed by atoms with Crippen molar-refractivity contribution in [3.8, 4) is 0 Å². The zero-order chi connectivity index (χ0) is 10.6. The number of carboxylic acids is 1. The summed E-state index contributed by atoms with van der Waals surface area (Å²) in [7, 11) is 0. The van der Waals surface area contributed by atoms with E-state index in [-0.39, 0.29) is 0 Å². The van der Waals surface area contributed by atoms with Crippen LogP contribution in [-0.2, 0) is 0 Å². The second kappa shape index (κ2) is 4.86. The number of rotatable bonds is 4. The van der Waals surface area contributed by atoms with E-state index in [4.69, 9.17) is 5.11 Å². The first-order chi connectivity index (χ1) is 6.59. The zero-order valence-electron chi connectivity index (χ0n) is 7.99. The van der Waals surface area contributed by atoms with Gasteiger partial charge in [-0.1, -0.05) is 18.2 Å². The Labute approximate surface area is 87.6 Å². The number of hydrogen-bond donors (Lipinski definition) is 1. The molecule has 0 heterocycles. The Hall–Kier alpha value is -1.22. The Morgan fingerprint density at radius 2 is 2.29 bits per heavy atom. The standard InChI is InChI=1S/C11H12O2S/c1-8(2)7-14-10-5-3-4-9(6-10)11(12)13/h3-6H,1,7H2,2H3,(H,12,13). The van der Waals surface area contributed by atoms with Gasteiger partial charge >= 0.3 is 5.97 Å². The summed E-state index contributed by atoms with van der Waals surface area (Å²) in [6, 6.07) is 6.92. The molecule has 0 radical (unpaired) electrons. The van der Waals surface area contributed by atoms with E-state index < -0.39 is 5.97 Å². The average molecular weight is 208 g/mol. The Bertz CT molecular complexity index is 358. The highest BCUT2D eigenvalue weighted by Gasteiger charge is 2.02. The summed E-state index contributed by atoms with van der Waals surface area (Å²) in [5, 5.41) is 8.76. The van der Waals surface area contributed by atoms with Gasteiger partial charge in [0.15, 0.2) is 0 Å². The number of aromatic carboxylic acids is 1. The van der Waals surface area contributed by atoms with Crippen LogP contribution < -0.4 is 0 Å². The van der Waals surface area contributed by atoms with Gasteiger partial charge in [-0.15, -0.1) is 11.8 Å². The Balaban J connectivity index is 2.73. The lowest BCUT2D eigenvalue weighted by molar-refractivity contribution is 0.0696. The normalized spacial score (nSPS) is 9.79. The van der Waals surface area contributed by atoms with E-state index in [9.17, 15) is 4.79 Å². The van der Waals surface area contributed by atoms with E-state index in [2.05, 4.69) is 6.58 Å². The third-order valence-electron chi connectivity index (χ3n) is 1.57. The van der Waals surface area contributed by atoms with Gasteiger partial charge in [-0.05, 0) is 25.1 Å². The molecule has 0 aliphatic rings. The average Bonchev–Trinajstić information content (AvgIpc) is 2.15. The molecule has 0 saturated carbocycles. The van der Waals surface area contributed by atoms with E-state index in [1.807, 2.05) is 13.0 Å². The van der Waals surface area contributed by atoms with Crippen LogP contribution in [0.25, 0.3) is 0 Å². The summed E-state index contributed by atoms with van der Waals surface area (Å²) in [5.41, 5.74) is 1.41. The maximum atomic E-state index is 10.7. The molecule has 1 N–H and O–H groups in total. The molecule has 1 aromatic rings. The molecule has 3 heteroatoms. The highest BCUT2D eigenvalue weighted by molar-refractivity contribution is 7.99. The van der Waals surface area contributed by atoms with Crippen LogP contribution in [0.3, 0.4) is 0 Å². The summed E-state index contributed by atoms with van der Waals surface area (Å²) >= 11 is 1.60. The van der Waals surface area contributed by atoms with Gasteiger partial charge in [-0.2, -0.15) is 0 Å². The van der Waals surface area contributed by atoms with Crippen molar-refractivity contribution in [2.45, 2.75) is 11.8 Å². The molecule has 2 nitrogen and oxygen atoms in total. The number of benzene rings is 1. The van der Waals surface area contributed by atoms with Crippen molar-refractivity contribution >= 4 is 17.7 Å². The van der Waals surface area contributed by atoms with Crippen molar-refractivity contribution in [1.82, 2.24) is 0 Å². The first kappa shape index (κ1) is 10.9. The van der Waals surface area contributed by atoms with Crippen molar-refractivity contribution in [3.05, 3.63) is 42.0 Å². The lowest BCUT2D eigenvalue weighted by Gasteiger charge is -2.01. The van der Waals surface area contributed by atoms with Crippen LogP contribution in [0.4, 0.5) is 0 Å². The van der Waals surface area contributed by atoms with Gasteiger partial charge in [-0.3, -0.25) is 0 Å². The Morgan fingerprint density at radius 1 is 1.57 bits per heavy atom. The molecule has 74 valence electrons. The zero-order valence-corrected chi connectivity index (χ0v) is 8.80. The molecule has 0 unspecified atom stereocenters. The van der Waals surface area contributed by atoms with Crippen molar-refractivity contribution in [2.75, 3.05) is 5.75 Å². The maximum Gasteiger partial charge on any atom is 0.335 e. The van der Waals surface area contributed by atoms with Gasteiger partial charge in [-0.25, -0.2) is 4.79 Å². The number of hydrogen-bond acceptors (Lipinski definition) is 2. The molecule has 0 bridgehead atoms. The topological polar surface area (TPSA) is 37.3 Å². The molecule has 0 spiro atoms. The molecule has 0 aromatic heterocycles. The molecular formula is C11H12O2S. The molecule has 1 rings (SSSR count). The van der Waals surface area contributed by atoms with Crippen molar-refractivity contribution in [1.29, 1.82) is 0 Å². The number of thioether (sulfide) groups is 1. The van der Waals surface area contributed by atoms with Crippen LogP contribution in [0.5, 0.6) is 0 Å². The fraction of sp³-hybridized carbons (Fsp3) is 0.182. The van der Waals surface area contributed by atoms with Crippen LogP contribution in [0.1, 0.15) is 17.3 Å². The molecule has 0 fully saturated rings. The summed E-state index contributed by atoms with van der Waals surface area (Å²) in [4.78, 5) is 11.6. The first-order valence-corrected chi connectivity index (χ1v) is 5.18. The minimum absolute atomic E-state index is 0.330. The third-order valence-corrected chi connectivity index (χ3v) is 2.79. The quantitative estimate of drug-likeness (QED) is 0.610. The lowest BCUT2D eigenvalue weighted by Crippen LogP contribution is -1.95. The molecular weight excluding hydrogens is 196 g/mol. The van der Waals surface area contributed by atoms with Gasteiger partial charge < -0.3 is 5.11 Å². The largest absolute Gasteiger partial charge is 0.478 e. The molecule has 0 amide bonds. The summed E-state index contributed by atoms with van der Waals surface area (Å²) in [5.74, 6) is -0.0638. The maximum absolute atomic E-state index is 10.7. The highest BCUT2D eigenvalue weighted by atomic mass is 32.2. The molecule has 14 heavy (non-hydrogen) atoms. The van der Waals surface area contributed by atoms with Gasteiger partial charge in [0.25, 0.3) is 0 Å². The molecule has 0 atom stereocenters. The van der Waals surface area contributed by atoms with E-state index in [1.54, 1.807) is 30.0 Å². The van der Waals surface area contributed by atoms with Crippen molar-refractivity contribution in [3.63, 3.8) is 0 Å². The Morgan fingerprint density at radius 3 is 2.86 bits per heavy atom. The Kier molecular flexibility index (Phi) is 3.77. The van der Waals surface area contributed by atoms with Crippen molar-refractivity contribution in [2.24, 2.45) is 0 Å². The predicted octanol–water partition coefficient (Wildman–Crippen LogP) is 3.05. The summed E-state index contributed by atoms with van der Waals surface area (Å²) in [6.07, 6.45) is 0. The van der Waals surface area contributed by atoms with Gasteiger partial charge in [0.1, 0.15) is 0 Å². The van der Waals surface area contributed by atoms with E-state index in [0.29, 0.717) is 5.56 Å². The smallest absolute Gasteiger partial charge is 0.335 e. The van der Waals surface area contributed by atoms with Crippen molar-refractivity contribution < 1.29 is 9.90 Å². The predicted molar refractivity (Wildman–Crippen MR) is 58.9 cm³/mol. The van der Waals surface area contributed by atoms with E-state index in [1.165, 1.54) is 0 Å². The van der Waals surface area contributed by atoms with Gasteiger partial charge in [0.05, 0.1) is 5.56 Å². The minimum atomic E-state index is -0.886.